The number of nitrogens with one attached hydrogen (secondary N) is 1. The van der Waals surface area contributed by atoms with E-state index in [1.165, 1.54) is 24.5 Å². The number of anilines is 1. The Hall–Kier alpha value is -1.76. The first-order valence-electron chi connectivity index (χ1n) is 6.93. The van der Waals surface area contributed by atoms with Gasteiger partial charge in [0.25, 0.3) is 5.91 Å². The first-order valence-corrected chi connectivity index (χ1v) is 8.50. The molecule has 1 atom stereocenters. The second-order valence-electron chi connectivity index (χ2n) is 4.92. The SMILES string of the molecule is COC(=O)c1cc(C)sc1NC(=O)C(C)Oc1ccc(Cl)cc1Cl. The number of benzene rings is 1. The molecule has 1 N–H and O–H groups in total. The molecule has 1 aromatic heterocycles. The molecule has 0 spiro atoms. The van der Waals surface area contributed by atoms with Gasteiger partial charge in [-0.1, -0.05) is 23.2 Å². The van der Waals surface area contributed by atoms with Gasteiger partial charge in [0.15, 0.2) is 6.10 Å². The summed E-state index contributed by atoms with van der Waals surface area (Å²) in [7, 11) is 1.29. The minimum atomic E-state index is -0.823. The fourth-order valence-corrected chi connectivity index (χ4v) is 3.25. The van der Waals surface area contributed by atoms with Crippen molar-refractivity contribution in [2.75, 3.05) is 12.4 Å². The van der Waals surface area contributed by atoms with Crippen LogP contribution in [0.3, 0.4) is 0 Å². The van der Waals surface area contributed by atoms with E-state index in [9.17, 15) is 9.59 Å². The number of halogens is 2. The quantitative estimate of drug-likeness (QED) is 0.763. The van der Waals surface area contributed by atoms with Gasteiger partial charge in [0.2, 0.25) is 0 Å². The maximum Gasteiger partial charge on any atom is 0.340 e. The van der Waals surface area contributed by atoms with Crippen molar-refractivity contribution < 1.29 is 19.1 Å². The van der Waals surface area contributed by atoms with Crippen molar-refractivity contribution in [1.29, 1.82) is 0 Å². The summed E-state index contributed by atoms with van der Waals surface area (Å²) in [5, 5.41) is 3.88. The van der Waals surface area contributed by atoms with E-state index >= 15 is 0 Å². The van der Waals surface area contributed by atoms with E-state index in [0.717, 1.165) is 4.88 Å². The highest BCUT2D eigenvalue weighted by molar-refractivity contribution is 7.16. The van der Waals surface area contributed by atoms with Gasteiger partial charge < -0.3 is 14.8 Å². The van der Waals surface area contributed by atoms with Gasteiger partial charge in [-0.15, -0.1) is 11.3 Å². The molecule has 0 fully saturated rings. The van der Waals surface area contributed by atoms with Gasteiger partial charge in [0, 0.05) is 9.90 Å². The summed E-state index contributed by atoms with van der Waals surface area (Å²) in [6, 6.07) is 6.39. The molecule has 2 rings (SSSR count). The minimum Gasteiger partial charge on any atom is -0.479 e. The number of carbonyl (C=O) groups is 2. The van der Waals surface area contributed by atoms with Crippen molar-refractivity contribution in [2.45, 2.75) is 20.0 Å². The molecule has 0 saturated heterocycles. The summed E-state index contributed by atoms with van der Waals surface area (Å²) in [5.41, 5.74) is 0.310. The van der Waals surface area contributed by atoms with Crippen LogP contribution in [0.4, 0.5) is 5.00 Å². The van der Waals surface area contributed by atoms with E-state index in [2.05, 4.69) is 5.32 Å². The Balaban J connectivity index is 2.10. The van der Waals surface area contributed by atoms with Gasteiger partial charge in [0.1, 0.15) is 10.8 Å². The van der Waals surface area contributed by atoms with Gasteiger partial charge in [-0.25, -0.2) is 4.79 Å². The normalized spacial score (nSPS) is 11.7. The molecule has 128 valence electrons. The molecule has 0 aliphatic rings. The van der Waals surface area contributed by atoms with Crippen molar-refractivity contribution >= 4 is 51.4 Å². The molecular weight excluding hydrogens is 373 g/mol. The number of esters is 1. The van der Waals surface area contributed by atoms with Gasteiger partial charge in [0.05, 0.1) is 17.7 Å². The van der Waals surface area contributed by atoms with Crippen molar-refractivity contribution in [3.63, 3.8) is 0 Å². The summed E-state index contributed by atoms with van der Waals surface area (Å²) in [6.07, 6.45) is -0.823. The zero-order valence-electron chi connectivity index (χ0n) is 13.2. The molecule has 2 aromatic rings. The Morgan fingerprint density at radius 1 is 1.25 bits per heavy atom. The van der Waals surface area contributed by atoms with Crippen molar-refractivity contribution in [1.82, 2.24) is 0 Å². The van der Waals surface area contributed by atoms with Gasteiger partial charge in [-0.05, 0) is 38.1 Å². The largest absolute Gasteiger partial charge is 0.479 e. The number of rotatable bonds is 5. The van der Waals surface area contributed by atoms with Crippen LogP contribution in [-0.2, 0) is 9.53 Å². The number of amides is 1. The average molecular weight is 388 g/mol. The Morgan fingerprint density at radius 2 is 1.96 bits per heavy atom. The van der Waals surface area contributed by atoms with Crippen LogP contribution in [0.2, 0.25) is 10.0 Å². The molecular formula is C16H15Cl2NO4S. The highest BCUT2D eigenvalue weighted by Crippen LogP contribution is 2.30. The zero-order chi connectivity index (χ0) is 17.9. The van der Waals surface area contributed by atoms with E-state index < -0.39 is 18.0 Å². The van der Waals surface area contributed by atoms with Gasteiger partial charge in [-0.3, -0.25) is 4.79 Å². The van der Waals surface area contributed by atoms with Crippen LogP contribution in [0.25, 0.3) is 0 Å². The van der Waals surface area contributed by atoms with Crippen LogP contribution in [-0.4, -0.2) is 25.1 Å². The molecule has 0 saturated carbocycles. The van der Waals surface area contributed by atoms with Gasteiger partial charge >= 0.3 is 5.97 Å². The average Bonchev–Trinajstić information content (AvgIpc) is 2.89. The predicted molar refractivity (Wildman–Crippen MR) is 95.6 cm³/mol. The van der Waals surface area contributed by atoms with E-state index in [4.69, 9.17) is 32.7 Å². The fraction of sp³-hybridized carbons (Fsp3) is 0.250. The number of carbonyl (C=O) groups excluding carboxylic acids is 2. The number of methoxy groups -OCH3 is 1. The van der Waals surface area contributed by atoms with Crippen LogP contribution in [0, 0.1) is 6.92 Å². The Bertz CT molecular complexity index is 775. The topological polar surface area (TPSA) is 64.6 Å². The summed E-state index contributed by atoms with van der Waals surface area (Å²) in [6.45, 7) is 3.42. The second kappa shape index (κ2) is 7.88. The third-order valence-electron chi connectivity index (χ3n) is 3.06. The Kier molecular flexibility index (Phi) is 6.10. The van der Waals surface area contributed by atoms with Crippen molar-refractivity contribution in [3.05, 3.63) is 44.8 Å². The Morgan fingerprint density at radius 3 is 2.58 bits per heavy atom. The molecule has 0 bridgehead atoms. The second-order valence-corrected chi connectivity index (χ2v) is 7.02. The molecule has 1 amide bonds. The minimum absolute atomic E-state index is 0.310. The van der Waals surface area contributed by atoms with Crippen LogP contribution in [0.15, 0.2) is 24.3 Å². The third kappa shape index (κ3) is 4.41. The third-order valence-corrected chi connectivity index (χ3v) is 4.56. The van der Waals surface area contributed by atoms with Crippen LogP contribution in [0.1, 0.15) is 22.2 Å². The Labute approximate surface area is 153 Å². The molecule has 1 heterocycles. The standard InChI is InChI=1S/C16H15Cl2NO4S/c1-8-6-11(16(21)22-3)15(24-8)19-14(20)9(2)23-13-5-4-10(17)7-12(13)18/h4-7,9H,1-3H3,(H,19,20). The van der Waals surface area contributed by atoms with Crippen molar-refractivity contribution in [3.8, 4) is 5.75 Å². The van der Waals surface area contributed by atoms with E-state index in [0.29, 0.717) is 26.4 Å². The highest BCUT2D eigenvalue weighted by Gasteiger charge is 2.21. The first-order chi connectivity index (χ1) is 11.3. The van der Waals surface area contributed by atoms with Crippen LogP contribution < -0.4 is 10.1 Å². The fourth-order valence-electron chi connectivity index (χ4n) is 1.90. The smallest absolute Gasteiger partial charge is 0.340 e. The number of ether oxygens (including phenoxy) is 2. The van der Waals surface area contributed by atoms with Gasteiger partial charge in [-0.2, -0.15) is 0 Å². The summed E-state index contributed by atoms with van der Waals surface area (Å²) in [5.74, 6) is -0.573. The predicted octanol–water partition coefficient (Wildman–Crippen LogP) is 4.56. The molecule has 0 aliphatic carbocycles. The lowest BCUT2D eigenvalue weighted by atomic mass is 10.3. The van der Waals surface area contributed by atoms with Crippen LogP contribution >= 0.6 is 34.5 Å². The summed E-state index contributed by atoms with van der Waals surface area (Å²) < 4.78 is 10.3. The lowest BCUT2D eigenvalue weighted by Crippen LogP contribution is -2.30. The highest BCUT2D eigenvalue weighted by atomic mass is 35.5. The summed E-state index contributed by atoms with van der Waals surface area (Å²) in [4.78, 5) is 24.9. The zero-order valence-corrected chi connectivity index (χ0v) is 15.5. The molecule has 0 aliphatic heterocycles. The summed E-state index contributed by atoms with van der Waals surface area (Å²) >= 11 is 13.1. The molecule has 24 heavy (non-hydrogen) atoms. The monoisotopic (exact) mass is 387 g/mol. The molecule has 1 aromatic carbocycles. The molecule has 5 nitrogen and oxygen atoms in total. The van der Waals surface area contributed by atoms with E-state index in [1.54, 1.807) is 25.1 Å². The molecule has 0 radical (unpaired) electrons. The van der Waals surface area contributed by atoms with E-state index in [1.807, 2.05) is 6.92 Å². The molecule has 8 heteroatoms. The van der Waals surface area contributed by atoms with E-state index in [-0.39, 0.29) is 0 Å². The first kappa shape index (κ1) is 18.6. The molecule has 1 unspecified atom stereocenters. The van der Waals surface area contributed by atoms with Crippen molar-refractivity contribution in [2.24, 2.45) is 0 Å². The van der Waals surface area contributed by atoms with Crippen LogP contribution in [0.5, 0.6) is 5.75 Å². The lowest BCUT2D eigenvalue weighted by molar-refractivity contribution is -0.122. The maximum atomic E-state index is 12.3. The number of hydrogen-bond donors (Lipinski definition) is 1. The number of aryl methyl sites for hydroxylation is 1. The lowest BCUT2D eigenvalue weighted by Gasteiger charge is -2.15. The maximum absolute atomic E-state index is 12.3. The number of thiophene rings is 1. The number of hydrogen-bond acceptors (Lipinski definition) is 5.